The van der Waals surface area contributed by atoms with E-state index in [0.717, 1.165) is 10.2 Å². The van der Waals surface area contributed by atoms with Crippen molar-refractivity contribution < 1.29 is 9.50 Å². The van der Waals surface area contributed by atoms with E-state index in [1.165, 1.54) is 12.1 Å². The third kappa shape index (κ3) is 3.39. The van der Waals surface area contributed by atoms with Gasteiger partial charge in [-0.15, -0.1) is 0 Å². The highest BCUT2D eigenvalue weighted by molar-refractivity contribution is 9.10. The van der Waals surface area contributed by atoms with Crippen LogP contribution in [0.5, 0.6) is 0 Å². The van der Waals surface area contributed by atoms with Gasteiger partial charge in [-0.25, -0.2) is 4.39 Å². The van der Waals surface area contributed by atoms with Crippen molar-refractivity contribution in [3.63, 3.8) is 0 Å². The minimum atomic E-state index is -1.09. The third-order valence-corrected chi connectivity index (χ3v) is 3.68. The van der Waals surface area contributed by atoms with Crippen LogP contribution in [0.1, 0.15) is 24.6 Å². The molecule has 0 fully saturated rings. The number of aliphatic hydroxyl groups is 1. The number of benzene rings is 1. The number of hydrogen-bond donors (Lipinski definition) is 1. The second-order valence-electron chi connectivity index (χ2n) is 4.54. The number of hydrogen-bond acceptors (Lipinski definition) is 2. The van der Waals surface area contributed by atoms with Crippen LogP contribution < -0.4 is 0 Å². The zero-order valence-electron chi connectivity index (χ0n) is 10.6. The number of pyridine rings is 1. The summed E-state index contributed by atoms with van der Waals surface area (Å²) in [5, 5.41) is 10.7. The van der Waals surface area contributed by atoms with E-state index in [4.69, 9.17) is 0 Å². The van der Waals surface area contributed by atoms with Crippen LogP contribution >= 0.6 is 15.9 Å². The first kappa shape index (κ1) is 14.2. The molecule has 19 heavy (non-hydrogen) atoms. The van der Waals surface area contributed by atoms with Gasteiger partial charge >= 0.3 is 0 Å². The molecule has 1 N–H and O–H groups in total. The van der Waals surface area contributed by atoms with Crippen LogP contribution in [0.3, 0.4) is 0 Å². The van der Waals surface area contributed by atoms with E-state index in [1.54, 1.807) is 18.3 Å². The Morgan fingerprint density at radius 1 is 1.32 bits per heavy atom. The summed E-state index contributed by atoms with van der Waals surface area (Å²) in [5.41, 5.74) is 0.264. The zero-order valence-corrected chi connectivity index (χ0v) is 12.2. The minimum Gasteiger partial charge on any atom is -0.385 e. The van der Waals surface area contributed by atoms with E-state index < -0.39 is 5.60 Å². The summed E-state index contributed by atoms with van der Waals surface area (Å²) in [6.07, 6.45) is 2.55. The maximum atomic E-state index is 13.3. The van der Waals surface area contributed by atoms with Crippen LogP contribution in [0.4, 0.5) is 4.39 Å². The van der Waals surface area contributed by atoms with Crippen LogP contribution in [-0.2, 0) is 12.0 Å². The molecule has 1 unspecified atom stereocenters. The predicted octanol–water partition coefficient (Wildman–Crippen LogP) is 3.82. The van der Waals surface area contributed by atoms with Gasteiger partial charge in [-0.05, 0) is 52.2 Å². The second-order valence-corrected chi connectivity index (χ2v) is 5.46. The van der Waals surface area contributed by atoms with Gasteiger partial charge in [0.25, 0.3) is 0 Å². The lowest BCUT2D eigenvalue weighted by atomic mass is 9.86. The van der Waals surface area contributed by atoms with Gasteiger partial charge in [-0.3, -0.25) is 4.98 Å². The van der Waals surface area contributed by atoms with E-state index in [0.29, 0.717) is 18.4 Å². The molecule has 1 aromatic heterocycles. The van der Waals surface area contributed by atoms with Gasteiger partial charge in [0.2, 0.25) is 0 Å². The summed E-state index contributed by atoms with van der Waals surface area (Å²) in [4.78, 5) is 4.26. The number of rotatable bonds is 4. The number of aromatic nitrogens is 1. The monoisotopic (exact) mass is 323 g/mol. The lowest BCUT2D eigenvalue weighted by molar-refractivity contribution is 0.0314. The molecule has 0 spiro atoms. The predicted molar refractivity (Wildman–Crippen MR) is 76.2 cm³/mol. The summed E-state index contributed by atoms with van der Waals surface area (Å²) < 4.78 is 14.2. The summed E-state index contributed by atoms with van der Waals surface area (Å²) in [5.74, 6) is -0.340. The first-order valence-electron chi connectivity index (χ1n) is 6.12. The summed E-state index contributed by atoms with van der Waals surface area (Å²) >= 11 is 3.32. The van der Waals surface area contributed by atoms with Crippen molar-refractivity contribution >= 4 is 15.9 Å². The molecule has 0 aliphatic heterocycles. The Hall–Kier alpha value is -1.26. The van der Waals surface area contributed by atoms with E-state index >= 15 is 0 Å². The van der Waals surface area contributed by atoms with Crippen LogP contribution in [0.2, 0.25) is 0 Å². The molecule has 1 aromatic carbocycles. The van der Waals surface area contributed by atoms with Crippen molar-refractivity contribution in [3.05, 3.63) is 64.1 Å². The molecule has 1 heterocycles. The normalized spacial score (nSPS) is 14.1. The van der Waals surface area contributed by atoms with Gasteiger partial charge in [0.05, 0.1) is 5.60 Å². The Bertz CT molecular complexity index is 558. The Morgan fingerprint density at radius 3 is 2.68 bits per heavy atom. The van der Waals surface area contributed by atoms with Crippen molar-refractivity contribution in [3.8, 4) is 0 Å². The highest BCUT2D eigenvalue weighted by atomic mass is 79.9. The van der Waals surface area contributed by atoms with E-state index in [2.05, 4.69) is 20.9 Å². The fourth-order valence-corrected chi connectivity index (χ4v) is 2.25. The molecule has 4 heteroatoms. The van der Waals surface area contributed by atoms with Gasteiger partial charge < -0.3 is 5.11 Å². The van der Waals surface area contributed by atoms with E-state index in [9.17, 15) is 9.50 Å². The topological polar surface area (TPSA) is 33.1 Å². The zero-order chi connectivity index (χ0) is 13.9. The van der Waals surface area contributed by atoms with Crippen LogP contribution in [-0.4, -0.2) is 10.1 Å². The van der Waals surface area contributed by atoms with Crippen molar-refractivity contribution in [1.29, 1.82) is 0 Å². The molecular formula is C15H15BrFNO. The largest absolute Gasteiger partial charge is 0.385 e. The summed E-state index contributed by atoms with van der Waals surface area (Å²) in [6.45, 7) is 1.88. The second kappa shape index (κ2) is 5.80. The molecular weight excluding hydrogens is 309 g/mol. The van der Waals surface area contributed by atoms with Crippen molar-refractivity contribution in [2.75, 3.05) is 0 Å². The van der Waals surface area contributed by atoms with Crippen molar-refractivity contribution in [2.45, 2.75) is 25.4 Å². The molecule has 2 aromatic rings. The molecule has 2 rings (SSSR count). The van der Waals surface area contributed by atoms with Crippen molar-refractivity contribution in [1.82, 2.24) is 4.98 Å². The molecule has 0 saturated carbocycles. The van der Waals surface area contributed by atoms with Gasteiger partial charge in [-0.1, -0.05) is 19.1 Å². The minimum absolute atomic E-state index is 0.340. The number of nitrogens with zero attached hydrogens (tertiary/aromatic N) is 1. The quantitative estimate of drug-likeness (QED) is 0.927. The average molecular weight is 324 g/mol. The lowest BCUT2D eigenvalue weighted by Crippen LogP contribution is -2.28. The first-order valence-corrected chi connectivity index (χ1v) is 6.91. The molecule has 0 aliphatic rings. The molecule has 0 amide bonds. The van der Waals surface area contributed by atoms with Gasteiger partial charge in [0, 0.05) is 22.8 Å². The third-order valence-electron chi connectivity index (χ3n) is 3.21. The fraction of sp³-hybridized carbons (Fsp3) is 0.267. The SMILES string of the molecule is CCC(O)(Cc1ccc(Br)cn1)c1cccc(F)c1. The molecule has 0 radical (unpaired) electrons. The summed E-state index contributed by atoms with van der Waals surface area (Å²) in [7, 11) is 0. The first-order chi connectivity index (χ1) is 9.03. The molecule has 0 aliphatic carbocycles. The average Bonchev–Trinajstić information content (AvgIpc) is 2.41. The molecule has 1 atom stereocenters. The Kier molecular flexibility index (Phi) is 4.32. The van der Waals surface area contributed by atoms with Crippen molar-refractivity contribution in [2.24, 2.45) is 0 Å². The van der Waals surface area contributed by atoms with Gasteiger partial charge in [0.1, 0.15) is 5.82 Å². The smallest absolute Gasteiger partial charge is 0.123 e. The van der Waals surface area contributed by atoms with Gasteiger partial charge in [-0.2, -0.15) is 0 Å². The van der Waals surface area contributed by atoms with Crippen LogP contribution in [0.15, 0.2) is 47.1 Å². The van der Waals surface area contributed by atoms with Gasteiger partial charge in [0.15, 0.2) is 0 Å². The molecule has 0 saturated heterocycles. The van der Waals surface area contributed by atoms with E-state index in [1.807, 2.05) is 19.1 Å². The summed E-state index contributed by atoms with van der Waals surface area (Å²) in [6, 6.07) is 9.83. The maximum absolute atomic E-state index is 13.3. The van der Waals surface area contributed by atoms with Crippen LogP contribution in [0, 0.1) is 5.82 Å². The lowest BCUT2D eigenvalue weighted by Gasteiger charge is -2.27. The molecule has 0 bridgehead atoms. The number of halogens is 2. The van der Waals surface area contributed by atoms with E-state index in [-0.39, 0.29) is 5.82 Å². The highest BCUT2D eigenvalue weighted by Gasteiger charge is 2.28. The molecule has 100 valence electrons. The fourth-order valence-electron chi connectivity index (χ4n) is 2.02. The Morgan fingerprint density at radius 2 is 2.11 bits per heavy atom. The highest BCUT2D eigenvalue weighted by Crippen LogP contribution is 2.29. The standard InChI is InChI=1S/C15H15BrFNO/c1-2-15(19,11-4-3-5-13(17)8-11)9-14-7-6-12(16)10-18-14/h3-8,10,19H,2,9H2,1H3. The Labute approximate surface area is 120 Å². The molecule has 2 nitrogen and oxygen atoms in total. The maximum Gasteiger partial charge on any atom is 0.123 e. The van der Waals surface area contributed by atoms with Crippen LogP contribution in [0.25, 0.3) is 0 Å². The Balaban J connectivity index is 2.30.